The molecule has 2 aromatic rings. The lowest BCUT2D eigenvalue weighted by atomic mass is 9.86. The third-order valence-corrected chi connectivity index (χ3v) is 4.01. The van der Waals surface area contributed by atoms with Crippen LogP contribution in [0.25, 0.3) is 11.4 Å². The molecule has 0 aliphatic heterocycles. The van der Waals surface area contributed by atoms with Crippen LogP contribution in [0.15, 0.2) is 16.7 Å². The van der Waals surface area contributed by atoms with Crippen LogP contribution >= 0.6 is 0 Å². The third-order valence-electron chi connectivity index (χ3n) is 4.01. The van der Waals surface area contributed by atoms with Crippen LogP contribution < -0.4 is 5.73 Å². The van der Waals surface area contributed by atoms with Crippen molar-refractivity contribution in [3.63, 3.8) is 0 Å². The molecule has 0 fully saturated rings. The average molecular weight is 257 g/mol. The number of aryl methyl sites for hydroxylation is 3. The van der Waals surface area contributed by atoms with Crippen LogP contribution in [0.2, 0.25) is 0 Å². The molecule has 2 aromatic heterocycles. The van der Waals surface area contributed by atoms with Gasteiger partial charge in [-0.25, -0.2) is 9.97 Å². The first-order valence-electron chi connectivity index (χ1n) is 6.80. The number of aromatic nitrogens is 2. The van der Waals surface area contributed by atoms with Gasteiger partial charge in [-0.2, -0.15) is 0 Å². The maximum atomic E-state index is 5.78. The van der Waals surface area contributed by atoms with Crippen molar-refractivity contribution in [2.75, 3.05) is 6.54 Å². The van der Waals surface area contributed by atoms with Crippen LogP contribution in [0, 0.1) is 19.8 Å². The van der Waals surface area contributed by atoms with Gasteiger partial charge in [0.15, 0.2) is 5.82 Å². The Morgan fingerprint density at radius 3 is 2.89 bits per heavy atom. The largest absolute Gasteiger partial charge is 0.469 e. The molecule has 0 amide bonds. The van der Waals surface area contributed by atoms with E-state index in [-0.39, 0.29) is 0 Å². The zero-order valence-electron chi connectivity index (χ0n) is 11.4. The van der Waals surface area contributed by atoms with Crippen molar-refractivity contribution in [1.82, 2.24) is 9.97 Å². The lowest BCUT2D eigenvalue weighted by molar-refractivity contribution is 0.460. The van der Waals surface area contributed by atoms with Gasteiger partial charge in [-0.15, -0.1) is 0 Å². The monoisotopic (exact) mass is 257 g/mol. The summed E-state index contributed by atoms with van der Waals surface area (Å²) >= 11 is 0. The predicted octanol–water partition coefficient (Wildman–Crippen LogP) is 2.42. The predicted molar refractivity (Wildman–Crippen MR) is 73.8 cm³/mol. The van der Waals surface area contributed by atoms with E-state index in [0.717, 1.165) is 48.6 Å². The summed E-state index contributed by atoms with van der Waals surface area (Å²) in [6, 6.07) is 1.93. The number of nitrogens with zero attached hydrogens (tertiary/aromatic N) is 2. The van der Waals surface area contributed by atoms with Crippen molar-refractivity contribution >= 4 is 0 Å². The van der Waals surface area contributed by atoms with Gasteiger partial charge < -0.3 is 10.2 Å². The molecule has 2 N–H and O–H groups in total. The molecule has 1 unspecified atom stereocenters. The van der Waals surface area contributed by atoms with Gasteiger partial charge in [0.05, 0.1) is 11.8 Å². The summed E-state index contributed by atoms with van der Waals surface area (Å²) in [4.78, 5) is 9.38. The van der Waals surface area contributed by atoms with E-state index in [4.69, 9.17) is 15.1 Å². The zero-order chi connectivity index (χ0) is 13.4. The van der Waals surface area contributed by atoms with Gasteiger partial charge in [-0.3, -0.25) is 0 Å². The smallest absolute Gasteiger partial charge is 0.163 e. The summed E-state index contributed by atoms with van der Waals surface area (Å²) in [7, 11) is 0. The molecule has 19 heavy (non-hydrogen) atoms. The first kappa shape index (κ1) is 12.4. The number of furan rings is 1. The fourth-order valence-electron chi connectivity index (χ4n) is 2.80. The molecular formula is C15H19N3O. The molecule has 4 heteroatoms. The lowest BCUT2D eigenvalue weighted by Crippen LogP contribution is -2.24. The van der Waals surface area contributed by atoms with Gasteiger partial charge in [-0.05, 0) is 57.2 Å². The number of rotatable bonds is 2. The number of hydrogen-bond donors (Lipinski definition) is 1. The highest BCUT2D eigenvalue weighted by Crippen LogP contribution is 2.29. The molecule has 0 saturated heterocycles. The van der Waals surface area contributed by atoms with Crippen molar-refractivity contribution in [3.05, 3.63) is 35.0 Å². The molecular weight excluding hydrogens is 238 g/mol. The van der Waals surface area contributed by atoms with E-state index in [2.05, 4.69) is 11.9 Å². The zero-order valence-corrected chi connectivity index (χ0v) is 11.4. The topological polar surface area (TPSA) is 64.9 Å². The van der Waals surface area contributed by atoms with Crippen LogP contribution in [-0.2, 0) is 12.8 Å². The van der Waals surface area contributed by atoms with E-state index in [1.807, 2.05) is 13.0 Å². The first-order chi connectivity index (χ1) is 9.19. The van der Waals surface area contributed by atoms with Crippen molar-refractivity contribution in [3.8, 4) is 11.4 Å². The molecule has 0 spiro atoms. The van der Waals surface area contributed by atoms with Gasteiger partial charge in [0, 0.05) is 11.4 Å². The molecule has 3 rings (SSSR count). The molecule has 1 aliphatic rings. The average Bonchev–Trinajstić information content (AvgIpc) is 2.84. The Morgan fingerprint density at radius 2 is 2.21 bits per heavy atom. The van der Waals surface area contributed by atoms with Crippen molar-refractivity contribution in [1.29, 1.82) is 0 Å². The molecule has 2 heterocycles. The third kappa shape index (κ3) is 2.16. The Kier molecular flexibility index (Phi) is 3.11. The van der Waals surface area contributed by atoms with Crippen LogP contribution in [0.3, 0.4) is 0 Å². The normalized spacial score (nSPS) is 18.4. The Labute approximate surface area is 113 Å². The van der Waals surface area contributed by atoms with Crippen molar-refractivity contribution in [2.45, 2.75) is 33.1 Å². The molecule has 0 saturated carbocycles. The van der Waals surface area contributed by atoms with Crippen LogP contribution in [-0.4, -0.2) is 16.5 Å². The van der Waals surface area contributed by atoms with E-state index in [9.17, 15) is 0 Å². The van der Waals surface area contributed by atoms with E-state index < -0.39 is 0 Å². The van der Waals surface area contributed by atoms with E-state index >= 15 is 0 Å². The number of hydrogen-bond acceptors (Lipinski definition) is 4. The summed E-state index contributed by atoms with van der Waals surface area (Å²) in [6.45, 7) is 4.76. The highest BCUT2D eigenvalue weighted by atomic mass is 16.3. The minimum Gasteiger partial charge on any atom is -0.469 e. The van der Waals surface area contributed by atoms with Crippen LogP contribution in [0.1, 0.15) is 29.1 Å². The summed E-state index contributed by atoms with van der Waals surface area (Å²) in [5.74, 6) is 2.24. The molecule has 4 nitrogen and oxygen atoms in total. The van der Waals surface area contributed by atoms with E-state index in [1.54, 1.807) is 6.26 Å². The highest BCUT2D eigenvalue weighted by molar-refractivity contribution is 5.58. The Bertz CT molecular complexity index is 603. The molecule has 1 atom stereocenters. The molecule has 0 bridgehead atoms. The minimum absolute atomic E-state index is 0.580. The number of fused-ring (bicyclic) bond motifs is 1. The fourth-order valence-corrected chi connectivity index (χ4v) is 2.80. The maximum Gasteiger partial charge on any atom is 0.163 e. The quantitative estimate of drug-likeness (QED) is 0.897. The van der Waals surface area contributed by atoms with Crippen molar-refractivity contribution in [2.24, 2.45) is 11.7 Å². The second kappa shape index (κ2) is 4.78. The van der Waals surface area contributed by atoms with E-state index in [1.165, 1.54) is 11.3 Å². The molecule has 1 aliphatic carbocycles. The van der Waals surface area contributed by atoms with Gasteiger partial charge in [0.25, 0.3) is 0 Å². The second-order valence-corrected chi connectivity index (χ2v) is 5.29. The Balaban J connectivity index is 2.04. The standard InChI is InChI=1S/C15H19N3O/c1-9-13-7-11(8-16)3-4-14(13)18-15(17-9)12-5-6-19-10(12)2/h5-6,11H,3-4,7-8,16H2,1-2H3. The van der Waals surface area contributed by atoms with Gasteiger partial charge in [-0.1, -0.05) is 0 Å². The first-order valence-corrected chi connectivity index (χ1v) is 6.80. The van der Waals surface area contributed by atoms with Gasteiger partial charge >= 0.3 is 0 Å². The summed E-state index contributed by atoms with van der Waals surface area (Å²) in [6.07, 6.45) is 4.84. The minimum atomic E-state index is 0.580. The fraction of sp³-hybridized carbons (Fsp3) is 0.467. The highest BCUT2D eigenvalue weighted by Gasteiger charge is 2.22. The van der Waals surface area contributed by atoms with Crippen LogP contribution in [0.5, 0.6) is 0 Å². The SMILES string of the molecule is Cc1nc(-c2ccoc2C)nc2c1CC(CN)CC2. The van der Waals surface area contributed by atoms with Crippen LogP contribution in [0.4, 0.5) is 0 Å². The maximum absolute atomic E-state index is 5.78. The van der Waals surface area contributed by atoms with Gasteiger partial charge in [0.1, 0.15) is 5.76 Å². The lowest BCUT2D eigenvalue weighted by Gasteiger charge is -2.24. The summed E-state index contributed by atoms with van der Waals surface area (Å²) < 4.78 is 5.34. The Morgan fingerprint density at radius 1 is 1.37 bits per heavy atom. The second-order valence-electron chi connectivity index (χ2n) is 5.29. The van der Waals surface area contributed by atoms with Crippen molar-refractivity contribution < 1.29 is 4.42 Å². The number of nitrogens with two attached hydrogens (primary N) is 1. The molecule has 100 valence electrons. The summed E-state index contributed by atoms with van der Waals surface area (Å²) in [5, 5.41) is 0. The van der Waals surface area contributed by atoms with Gasteiger partial charge in [0.2, 0.25) is 0 Å². The summed E-state index contributed by atoms with van der Waals surface area (Å²) in [5.41, 5.74) is 10.3. The Hall–Kier alpha value is -1.68. The molecule has 0 radical (unpaired) electrons. The molecule has 0 aromatic carbocycles. The van der Waals surface area contributed by atoms with E-state index in [0.29, 0.717) is 5.92 Å².